The maximum atomic E-state index is 10.9. The molecule has 2 heterocycles. The highest BCUT2D eigenvalue weighted by molar-refractivity contribution is 5.72. The van der Waals surface area contributed by atoms with Gasteiger partial charge in [0.1, 0.15) is 0 Å². The van der Waals surface area contributed by atoms with Gasteiger partial charge >= 0.3 is 6.03 Å². The number of ether oxygens (including phenoxy) is 1. The van der Waals surface area contributed by atoms with Gasteiger partial charge in [-0.2, -0.15) is 0 Å². The zero-order valence-corrected chi connectivity index (χ0v) is 7.79. The number of nitrogens with two attached hydrogens (primary N) is 1. The van der Waals surface area contributed by atoms with Crippen molar-refractivity contribution in [2.24, 2.45) is 5.73 Å². The number of likely N-dealkylation sites (tertiary alicyclic amines) is 1. The first-order chi connectivity index (χ1) is 6.22. The first-order valence-corrected chi connectivity index (χ1v) is 4.90. The lowest BCUT2D eigenvalue weighted by atomic mass is 9.89. The predicted octanol–water partition coefficient (Wildman–Crippen LogP) is 0.710. The molecule has 2 fully saturated rings. The van der Waals surface area contributed by atoms with Gasteiger partial charge in [0.25, 0.3) is 0 Å². The molecule has 1 spiro atoms. The molecule has 2 aliphatic rings. The molecule has 0 radical (unpaired) electrons. The van der Waals surface area contributed by atoms with Crippen molar-refractivity contribution in [3.05, 3.63) is 0 Å². The molecule has 2 N–H and O–H groups in total. The van der Waals surface area contributed by atoms with Gasteiger partial charge in [0, 0.05) is 19.7 Å². The number of piperidine rings is 1. The molecule has 2 rings (SSSR count). The summed E-state index contributed by atoms with van der Waals surface area (Å²) in [6, 6.07) is -0.298. The largest absolute Gasteiger partial charge is 0.375 e. The molecule has 13 heavy (non-hydrogen) atoms. The van der Waals surface area contributed by atoms with E-state index in [9.17, 15) is 4.79 Å². The van der Waals surface area contributed by atoms with E-state index in [1.165, 1.54) is 0 Å². The Kier molecular flexibility index (Phi) is 2.15. The van der Waals surface area contributed by atoms with Crippen LogP contribution in [0.5, 0.6) is 0 Å². The van der Waals surface area contributed by atoms with Crippen LogP contribution in [0.15, 0.2) is 0 Å². The van der Waals surface area contributed by atoms with Crippen molar-refractivity contribution in [3.8, 4) is 0 Å². The number of hydrogen-bond acceptors (Lipinski definition) is 2. The molecule has 0 unspecified atom stereocenters. The van der Waals surface area contributed by atoms with Gasteiger partial charge in [-0.05, 0) is 25.7 Å². The van der Waals surface area contributed by atoms with Crippen LogP contribution in [-0.2, 0) is 4.74 Å². The molecular formula is C9H16N2O2. The minimum absolute atomic E-state index is 0.0892. The quantitative estimate of drug-likeness (QED) is 0.602. The van der Waals surface area contributed by atoms with Crippen LogP contribution in [0.4, 0.5) is 4.79 Å². The van der Waals surface area contributed by atoms with Crippen molar-refractivity contribution in [3.63, 3.8) is 0 Å². The SMILES string of the molecule is NC(=O)N1CCC2(CCCO2)CC1. The number of rotatable bonds is 0. The lowest BCUT2D eigenvalue weighted by Gasteiger charge is -2.37. The van der Waals surface area contributed by atoms with E-state index >= 15 is 0 Å². The van der Waals surface area contributed by atoms with Gasteiger partial charge in [0.15, 0.2) is 0 Å². The van der Waals surface area contributed by atoms with E-state index in [0.29, 0.717) is 0 Å². The summed E-state index contributed by atoms with van der Waals surface area (Å²) in [7, 11) is 0. The number of carbonyl (C=O) groups excluding carboxylic acids is 1. The Morgan fingerprint density at radius 3 is 2.46 bits per heavy atom. The summed E-state index contributed by atoms with van der Waals surface area (Å²) in [4.78, 5) is 12.6. The fourth-order valence-corrected chi connectivity index (χ4v) is 2.28. The minimum Gasteiger partial charge on any atom is -0.375 e. The molecule has 0 aromatic heterocycles. The highest BCUT2D eigenvalue weighted by Crippen LogP contribution is 2.35. The zero-order chi connectivity index (χ0) is 9.31. The van der Waals surface area contributed by atoms with Gasteiger partial charge in [-0.25, -0.2) is 4.79 Å². The average Bonchev–Trinajstić information content (AvgIpc) is 2.54. The van der Waals surface area contributed by atoms with Crippen LogP contribution in [0.3, 0.4) is 0 Å². The Labute approximate surface area is 78.0 Å². The van der Waals surface area contributed by atoms with Crippen molar-refractivity contribution in [1.82, 2.24) is 4.90 Å². The molecule has 74 valence electrons. The molecule has 0 aliphatic carbocycles. The van der Waals surface area contributed by atoms with Gasteiger partial charge in [0.05, 0.1) is 5.60 Å². The number of urea groups is 1. The average molecular weight is 184 g/mol. The van der Waals surface area contributed by atoms with Gasteiger partial charge in [-0.15, -0.1) is 0 Å². The first kappa shape index (κ1) is 8.81. The predicted molar refractivity (Wildman–Crippen MR) is 48.3 cm³/mol. The zero-order valence-electron chi connectivity index (χ0n) is 7.79. The molecule has 0 atom stereocenters. The normalized spacial score (nSPS) is 26.6. The van der Waals surface area contributed by atoms with Crippen LogP contribution >= 0.6 is 0 Å². The van der Waals surface area contributed by atoms with E-state index in [4.69, 9.17) is 10.5 Å². The number of amides is 2. The summed E-state index contributed by atoms with van der Waals surface area (Å²) in [6.07, 6.45) is 4.22. The van der Waals surface area contributed by atoms with E-state index in [2.05, 4.69) is 0 Å². The molecule has 4 heteroatoms. The molecule has 0 bridgehead atoms. The fourth-order valence-electron chi connectivity index (χ4n) is 2.28. The maximum absolute atomic E-state index is 10.9. The highest BCUT2D eigenvalue weighted by atomic mass is 16.5. The third-order valence-corrected chi connectivity index (χ3v) is 3.17. The summed E-state index contributed by atoms with van der Waals surface area (Å²) >= 11 is 0. The Hall–Kier alpha value is -0.770. The van der Waals surface area contributed by atoms with Crippen LogP contribution in [0.1, 0.15) is 25.7 Å². The Balaban J connectivity index is 1.91. The van der Waals surface area contributed by atoms with Crippen molar-refractivity contribution in [2.45, 2.75) is 31.3 Å². The van der Waals surface area contributed by atoms with Crippen LogP contribution in [-0.4, -0.2) is 36.2 Å². The molecular weight excluding hydrogens is 168 g/mol. The molecule has 2 saturated heterocycles. The van der Waals surface area contributed by atoms with E-state index in [1.54, 1.807) is 4.90 Å². The number of primary amides is 1. The molecule has 0 aromatic rings. The van der Waals surface area contributed by atoms with Crippen molar-refractivity contribution in [2.75, 3.05) is 19.7 Å². The summed E-state index contributed by atoms with van der Waals surface area (Å²) < 4.78 is 5.73. The van der Waals surface area contributed by atoms with Crippen molar-refractivity contribution in [1.29, 1.82) is 0 Å². The van der Waals surface area contributed by atoms with Gasteiger partial charge in [0.2, 0.25) is 0 Å². The maximum Gasteiger partial charge on any atom is 0.314 e. The van der Waals surface area contributed by atoms with Gasteiger partial charge < -0.3 is 15.4 Å². The van der Waals surface area contributed by atoms with E-state index < -0.39 is 0 Å². The highest BCUT2D eigenvalue weighted by Gasteiger charge is 2.38. The molecule has 0 aromatic carbocycles. The minimum atomic E-state index is -0.298. The second kappa shape index (κ2) is 3.18. The van der Waals surface area contributed by atoms with Crippen molar-refractivity contribution >= 4 is 6.03 Å². The number of carbonyl (C=O) groups is 1. The van der Waals surface area contributed by atoms with Crippen LogP contribution in [0, 0.1) is 0 Å². The second-order valence-electron chi connectivity index (χ2n) is 3.96. The third kappa shape index (κ3) is 1.63. The summed E-state index contributed by atoms with van der Waals surface area (Å²) in [5.74, 6) is 0. The van der Waals surface area contributed by atoms with Gasteiger partial charge in [-0.3, -0.25) is 0 Å². The number of nitrogens with zero attached hydrogens (tertiary/aromatic N) is 1. The molecule has 2 amide bonds. The Morgan fingerprint density at radius 2 is 2.00 bits per heavy atom. The lowest BCUT2D eigenvalue weighted by molar-refractivity contribution is -0.0356. The van der Waals surface area contributed by atoms with E-state index in [1.807, 2.05) is 0 Å². The summed E-state index contributed by atoms with van der Waals surface area (Å²) in [6.45, 7) is 2.40. The summed E-state index contributed by atoms with van der Waals surface area (Å²) in [5, 5.41) is 0. The smallest absolute Gasteiger partial charge is 0.314 e. The summed E-state index contributed by atoms with van der Waals surface area (Å²) in [5.41, 5.74) is 5.29. The lowest BCUT2D eigenvalue weighted by Crippen LogP contribution is -2.48. The fraction of sp³-hybridized carbons (Fsp3) is 0.889. The van der Waals surface area contributed by atoms with Gasteiger partial charge in [-0.1, -0.05) is 0 Å². The molecule has 4 nitrogen and oxygen atoms in total. The second-order valence-corrected chi connectivity index (χ2v) is 3.96. The van der Waals surface area contributed by atoms with E-state index in [0.717, 1.165) is 45.4 Å². The topological polar surface area (TPSA) is 55.6 Å². The molecule has 0 saturated carbocycles. The van der Waals surface area contributed by atoms with Crippen LogP contribution < -0.4 is 5.73 Å². The number of hydrogen-bond donors (Lipinski definition) is 1. The third-order valence-electron chi connectivity index (χ3n) is 3.17. The standard InChI is InChI=1S/C9H16N2O2/c10-8(12)11-5-3-9(4-6-11)2-1-7-13-9/h1-7H2,(H2,10,12). The Bertz CT molecular complexity index is 202. The van der Waals surface area contributed by atoms with Crippen molar-refractivity contribution < 1.29 is 9.53 Å². The molecule has 2 aliphatic heterocycles. The first-order valence-electron chi connectivity index (χ1n) is 4.90. The van der Waals surface area contributed by atoms with E-state index in [-0.39, 0.29) is 11.6 Å². The Morgan fingerprint density at radius 1 is 1.31 bits per heavy atom. The van der Waals surface area contributed by atoms with Crippen LogP contribution in [0.2, 0.25) is 0 Å². The monoisotopic (exact) mass is 184 g/mol. The van der Waals surface area contributed by atoms with Crippen LogP contribution in [0.25, 0.3) is 0 Å².